The first-order valence-electron chi connectivity index (χ1n) is 6.43. The fourth-order valence-electron chi connectivity index (χ4n) is 3.03. The van der Waals surface area contributed by atoms with Crippen LogP contribution >= 0.6 is 0 Å². The summed E-state index contributed by atoms with van der Waals surface area (Å²) in [4.78, 5) is 0. The van der Waals surface area contributed by atoms with E-state index >= 15 is 0 Å². The van der Waals surface area contributed by atoms with Crippen molar-refractivity contribution in [2.75, 3.05) is 7.11 Å². The predicted octanol–water partition coefficient (Wildman–Crippen LogP) is 3.62. The van der Waals surface area contributed by atoms with E-state index in [9.17, 15) is 9.50 Å². The Balaban J connectivity index is 2.32. The number of rotatable bonds is 2. The lowest BCUT2D eigenvalue weighted by Crippen LogP contribution is -2.36. The number of aliphatic hydroxyl groups is 1. The molecule has 0 radical (unpaired) electrons. The summed E-state index contributed by atoms with van der Waals surface area (Å²) in [6, 6.07) is 4.76. The van der Waals surface area contributed by atoms with Crippen LogP contribution < -0.4 is 4.74 Å². The molecule has 0 heterocycles. The van der Waals surface area contributed by atoms with Crippen LogP contribution in [0.4, 0.5) is 4.39 Å². The molecule has 0 saturated heterocycles. The highest BCUT2D eigenvalue weighted by molar-refractivity contribution is 5.33. The Hall–Kier alpha value is -1.09. The number of hydrogen-bond donors (Lipinski definition) is 1. The molecule has 1 aromatic carbocycles. The van der Waals surface area contributed by atoms with Crippen molar-refractivity contribution in [3.63, 3.8) is 0 Å². The molecule has 0 aromatic heterocycles. The fourth-order valence-corrected chi connectivity index (χ4v) is 3.03. The zero-order chi connectivity index (χ0) is 13.4. The van der Waals surface area contributed by atoms with Gasteiger partial charge in [-0.1, -0.05) is 19.9 Å². The molecule has 1 saturated carbocycles. The Kier molecular flexibility index (Phi) is 3.37. The van der Waals surface area contributed by atoms with E-state index in [1.165, 1.54) is 13.2 Å². The first kappa shape index (κ1) is 13.3. The van der Waals surface area contributed by atoms with Crippen LogP contribution in [0.2, 0.25) is 0 Å². The molecule has 0 bridgehead atoms. The van der Waals surface area contributed by atoms with Crippen molar-refractivity contribution in [1.82, 2.24) is 0 Å². The highest BCUT2D eigenvalue weighted by Gasteiger charge is 2.39. The van der Waals surface area contributed by atoms with Crippen LogP contribution in [0.5, 0.6) is 5.75 Å². The van der Waals surface area contributed by atoms with Crippen molar-refractivity contribution in [2.24, 2.45) is 5.41 Å². The second-order valence-corrected chi connectivity index (χ2v) is 6.08. The van der Waals surface area contributed by atoms with Gasteiger partial charge in [-0.05, 0) is 48.8 Å². The van der Waals surface area contributed by atoms with Gasteiger partial charge in [-0.15, -0.1) is 0 Å². The van der Waals surface area contributed by atoms with E-state index in [4.69, 9.17) is 4.74 Å². The Bertz CT molecular complexity index is 442. The second-order valence-electron chi connectivity index (χ2n) is 6.08. The van der Waals surface area contributed by atoms with E-state index in [2.05, 4.69) is 13.8 Å². The van der Waals surface area contributed by atoms with Gasteiger partial charge >= 0.3 is 0 Å². The summed E-state index contributed by atoms with van der Waals surface area (Å²) in [5.74, 6) is -0.191. The third kappa shape index (κ3) is 2.51. The SMILES string of the molecule is COc1ccc(C2(O)CCCC(C)(C)C2)cc1F. The molecular formula is C15H21FO2. The minimum absolute atomic E-state index is 0.101. The lowest BCUT2D eigenvalue weighted by atomic mass is 9.67. The number of halogens is 1. The molecule has 0 amide bonds. The molecule has 18 heavy (non-hydrogen) atoms. The first-order valence-corrected chi connectivity index (χ1v) is 6.43. The molecule has 1 aliphatic rings. The summed E-state index contributed by atoms with van der Waals surface area (Å²) >= 11 is 0. The maximum absolute atomic E-state index is 13.7. The van der Waals surface area contributed by atoms with Gasteiger partial charge in [0.15, 0.2) is 11.6 Å². The van der Waals surface area contributed by atoms with Crippen molar-refractivity contribution in [2.45, 2.75) is 45.1 Å². The molecule has 1 unspecified atom stereocenters. The molecule has 1 atom stereocenters. The van der Waals surface area contributed by atoms with Gasteiger partial charge in [0.2, 0.25) is 0 Å². The zero-order valence-corrected chi connectivity index (χ0v) is 11.3. The van der Waals surface area contributed by atoms with Crippen LogP contribution in [0.1, 0.15) is 45.1 Å². The van der Waals surface area contributed by atoms with Crippen LogP contribution in [-0.4, -0.2) is 12.2 Å². The van der Waals surface area contributed by atoms with Gasteiger partial charge in [0.1, 0.15) is 0 Å². The molecule has 0 aliphatic heterocycles. The van der Waals surface area contributed by atoms with Gasteiger partial charge in [0, 0.05) is 0 Å². The van der Waals surface area contributed by atoms with Gasteiger partial charge < -0.3 is 9.84 Å². The van der Waals surface area contributed by atoms with Crippen molar-refractivity contribution in [1.29, 1.82) is 0 Å². The molecule has 0 spiro atoms. The summed E-state index contributed by atoms with van der Waals surface area (Å²) in [5.41, 5.74) is -0.147. The third-order valence-corrected chi connectivity index (χ3v) is 3.90. The molecule has 1 N–H and O–H groups in total. The Morgan fingerprint density at radius 2 is 2.00 bits per heavy atom. The summed E-state index contributed by atoms with van der Waals surface area (Å²) in [6.07, 6.45) is 3.44. The average molecular weight is 252 g/mol. The number of ether oxygens (including phenoxy) is 1. The van der Waals surface area contributed by atoms with Crippen molar-refractivity contribution < 1.29 is 14.2 Å². The van der Waals surface area contributed by atoms with E-state index in [0.29, 0.717) is 18.4 Å². The van der Waals surface area contributed by atoms with Crippen LogP contribution in [0.15, 0.2) is 18.2 Å². The van der Waals surface area contributed by atoms with Crippen molar-refractivity contribution in [3.8, 4) is 5.75 Å². The van der Waals surface area contributed by atoms with E-state index in [1.807, 2.05) is 0 Å². The maximum atomic E-state index is 13.7. The third-order valence-electron chi connectivity index (χ3n) is 3.90. The zero-order valence-electron chi connectivity index (χ0n) is 11.3. The lowest BCUT2D eigenvalue weighted by molar-refractivity contribution is -0.0442. The minimum Gasteiger partial charge on any atom is -0.494 e. The van der Waals surface area contributed by atoms with Gasteiger partial charge in [0.05, 0.1) is 12.7 Å². The molecule has 1 aromatic rings. The van der Waals surface area contributed by atoms with Crippen LogP contribution in [-0.2, 0) is 5.60 Å². The summed E-state index contributed by atoms with van der Waals surface area (Å²) in [5, 5.41) is 10.8. The predicted molar refractivity (Wildman–Crippen MR) is 69.1 cm³/mol. The number of methoxy groups -OCH3 is 1. The monoisotopic (exact) mass is 252 g/mol. The largest absolute Gasteiger partial charge is 0.494 e. The first-order chi connectivity index (χ1) is 8.36. The maximum Gasteiger partial charge on any atom is 0.165 e. The molecule has 3 heteroatoms. The topological polar surface area (TPSA) is 29.5 Å². The van der Waals surface area contributed by atoms with Crippen LogP contribution in [0.3, 0.4) is 0 Å². The average Bonchev–Trinajstić information content (AvgIpc) is 2.27. The Morgan fingerprint density at radius 1 is 1.28 bits per heavy atom. The lowest BCUT2D eigenvalue weighted by Gasteiger charge is -2.42. The summed E-state index contributed by atoms with van der Waals surface area (Å²) in [6.45, 7) is 4.30. The highest BCUT2D eigenvalue weighted by Crippen LogP contribution is 2.46. The van der Waals surface area contributed by atoms with E-state index in [0.717, 1.165) is 12.8 Å². The Morgan fingerprint density at radius 3 is 2.56 bits per heavy atom. The van der Waals surface area contributed by atoms with Gasteiger partial charge in [-0.3, -0.25) is 0 Å². The minimum atomic E-state index is -0.908. The molecule has 2 nitrogen and oxygen atoms in total. The van der Waals surface area contributed by atoms with E-state index in [-0.39, 0.29) is 11.2 Å². The van der Waals surface area contributed by atoms with Crippen LogP contribution in [0.25, 0.3) is 0 Å². The second kappa shape index (κ2) is 4.54. The van der Waals surface area contributed by atoms with Gasteiger partial charge in [-0.25, -0.2) is 4.39 Å². The van der Waals surface area contributed by atoms with Crippen molar-refractivity contribution >= 4 is 0 Å². The van der Waals surface area contributed by atoms with E-state index < -0.39 is 11.4 Å². The fraction of sp³-hybridized carbons (Fsp3) is 0.600. The van der Waals surface area contributed by atoms with Gasteiger partial charge in [-0.2, -0.15) is 0 Å². The van der Waals surface area contributed by atoms with Crippen LogP contribution in [0, 0.1) is 11.2 Å². The quantitative estimate of drug-likeness (QED) is 0.871. The molecule has 2 rings (SSSR count). The smallest absolute Gasteiger partial charge is 0.165 e. The molecular weight excluding hydrogens is 231 g/mol. The summed E-state index contributed by atoms with van der Waals surface area (Å²) < 4.78 is 18.6. The molecule has 100 valence electrons. The number of hydrogen-bond acceptors (Lipinski definition) is 2. The highest BCUT2D eigenvalue weighted by atomic mass is 19.1. The molecule has 1 fully saturated rings. The summed E-state index contributed by atoms with van der Waals surface area (Å²) in [7, 11) is 1.44. The number of benzene rings is 1. The molecule has 1 aliphatic carbocycles. The Labute approximate surface area is 108 Å². The van der Waals surface area contributed by atoms with Gasteiger partial charge in [0.25, 0.3) is 0 Å². The van der Waals surface area contributed by atoms with E-state index in [1.54, 1.807) is 12.1 Å². The standard InChI is InChI=1S/C15H21FO2/c1-14(2)7-4-8-15(17,10-14)11-5-6-13(18-3)12(16)9-11/h5-6,9,17H,4,7-8,10H2,1-3H3. The van der Waals surface area contributed by atoms with Crippen molar-refractivity contribution in [3.05, 3.63) is 29.6 Å². The normalized spacial score (nSPS) is 26.9.